The van der Waals surface area contributed by atoms with Gasteiger partial charge in [-0.1, -0.05) is 0 Å². The summed E-state index contributed by atoms with van der Waals surface area (Å²) in [5, 5.41) is 8.95. The zero-order chi connectivity index (χ0) is 11.5. The second-order valence-electron chi connectivity index (χ2n) is 4.90. The van der Waals surface area contributed by atoms with Crippen LogP contribution < -0.4 is 5.73 Å². The first-order chi connectivity index (χ1) is 7.66. The van der Waals surface area contributed by atoms with Crippen LogP contribution in [0.1, 0.15) is 25.7 Å². The van der Waals surface area contributed by atoms with Crippen LogP contribution in [-0.4, -0.2) is 59.3 Å². The van der Waals surface area contributed by atoms with E-state index in [4.69, 9.17) is 10.8 Å². The molecule has 2 saturated heterocycles. The molecule has 16 heavy (non-hydrogen) atoms. The molecule has 0 bridgehead atoms. The van der Waals surface area contributed by atoms with Crippen molar-refractivity contribution in [1.82, 2.24) is 9.80 Å². The minimum absolute atomic E-state index is 0.318. The fraction of sp³-hybridized carbons (Fsp3) is 0.909. The van der Waals surface area contributed by atoms with Crippen molar-refractivity contribution in [3.63, 3.8) is 0 Å². The maximum Gasteiger partial charge on any atom is 0.407 e. The summed E-state index contributed by atoms with van der Waals surface area (Å²) in [7, 11) is 0. The maximum absolute atomic E-state index is 10.9. The Balaban J connectivity index is 1.86. The van der Waals surface area contributed by atoms with Crippen LogP contribution in [0.3, 0.4) is 0 Å². The second-order valence-corrected chi connectivity index (χ2v) is 4.90. The van der Waals surface area contributed by atoms with Crippen molar-refractivity contribution < 1.29 is 9.90 Å². The largest absolute Gasteiger partial charge is 0.465 e. The molecular weight excluding hydrogens is 206 g/mol. The Hall–Kier alpha value is -0.810. The van der Waals surface area contributed by atoms with E-state index in [2.05, 4.69) is 4.90 Å². The van der Waals surface area contributed by atoms with Gasteiger partial charge in [0.1, 0.15) is 0 Å². The first-order valence-electron chi connectivity index (χ1n) is 6.14. The van der Waals surface area contributed by atoms with Gasteiger partial charge in [0.2, 0.25) is 0 Å². The summed E-state index contributed by atoms with van der Waals surface area (Å²) in [5.41, 5.74) is 5.90. The monoisotopic (exact) mass is 227 g/mol. The van der Waals surface area contributed by atoms with E-state index in [1.807, 2.05) is 0 Å². The number of hydrogen-bond acceptors (Lipinski definition) is 3. The number of nitrogens with zero attached hydrogens (tertiary/aromatic N) is 2. The third-order valence-electron chi connectivity index (χ3n) is 3.74. The molecule has 0 aromatic rings. The van der Waals surface area contributed by atoms with Gasteiger partial charge in [0.25, 0.3) is 0 Å². The van der Waals surface area contributed by atoms with Crippen molar-refractivity contribution in [2.24, 2.45) is 5.73 Å². The smallest absolute Gasteiger partial charge is 0.407 e. The van der Waals surface area contributed by atoms with Crippen LogP contribution in [-0.2, 0) is 0 Å². The molecule has 0 radical (unpaired) electrons. The lowest BCUT2D eigenvalue weighted by Crippen LogP contribution is -2.37. The summed E-state index contributed by atoms with van der Waals surface area (Å²) in [6, 6.07) is 0.858. The normalized spacial score (nSPS) is 32.7. The predicted molar refractivity (Wildman–Crippen MR) is 61.4 cm³/mol. The Bertz CT molecular complexity index is 260. The molecular formula is C11H21N3O2. The molecule has 3 N–H and O–H groups in total. The van der Waals surface area contributed by atoms with Crippen LogP contribution >= 0.6 is 0 Å². The van der Waals surface area contributed by atoms with E-state index in [-0.39, 0.29) is 0 Å². The van der Waals surface area contributed by atoms with E-state index in [0.717, 1.165) is 38.8 Å². The molecule has 0 aliphatic carbocycles. The third-order valence-corrected chi connectivity index (χ3v) is 3.74. The minimum atomic E-state index is -0.779. The van der Waals surface area contributed by atoms with E-state index in [0.29, 0.717) is 25.2 Å². The zero-order valence-corrected chi connectivity index (χ0v) is 9.64. The van der Waals surface area contributed by atoms with Crippen LogP contribution in [0.5, 0.6) is 0 Å². The van der Waals surface area contributed by atoms with Crippen molar-refractivity contribution in [1.29, 1.82) is 0 Å². The van der Waals surface area contributed by atoms with Crippen molar-refractivity contribution in [3.05, 3.63) is 0 Å². The molecule has 2 aliphatic heterocycles. The number of carboxylic acid groups (broad SMARTS) is 1. The van der Waals surface area contributed by atoms with Gasteiger partial charge in [0.15, 0.2) is 0 Å². The molecule has 0 aromatic carbocycles. The zero-order valence-electron chi connectivity index (χ0n) is 9.64. The molecule has 1 amide bonds. The minimum Gasteiger partial charge on any atom is -0.465 e. The van der Waals surface area contributed by atoms with Crippen LogP contribution in [0.25, 0.3) is 0 Å². The molecule has 0 saturated carbocycles. The topological polar surface area (TPSA) is 69.8 Å². The molecule has 2 aliphatic rings. The number of rotatable bonds is 1. The average Bonchev–Trinajstić information content (AvgIpc) is 2.54. The fourth-order valence-corrected chi connectivity index (χ4v) is 2.78. The SMILES string of the molecule is N[C@@H]1CCN(C2CCCN(C(=O)O)CC2)C1. The van der Waals surface area contributed by atoms with Crippen molar-refractivity contribution in [3.8, 4) is 0 Å². The number of hydrogen-bond donors (Lipinski definition) is 2. The maximum atomic E-state index is 10.9. The molecule has 92 valence electrons. The molecule has 2 fully saturated rings. The lowest BCUT2D eigenvalue weighted by Gasteiger charge is -2.26. The van der Waals surface area contributed by atoms with Gasteiger partial charge in [-0.2, -0.15) is 0 Å². The standard InChI is InChI=1S/C11H21N3O2/c12-9-3-6-14(8-9)10-2-1-5-13(7-4-10)11(15)16/h9-10H,1-8,12H2,(H,15,16)/t9-,10?/m1/s1. The van der Waals surface area contributed by atoms with Crippen LogP contribution in [0.2, 0.25) is 0 Å². The van der Waals surface area contributed by atoms with Crippen molar-refractivity contribution in [2.45, 2.75) is 37.8 Å². The highest BCUT2D eigenvalue weighted by molar-refractivity contribution is 5.64. The van der Waals surface area contributed by atoms with Gasteiger partial charge in [-0.25, -0.2) is 4.79 Å². The first kappa shape index (κ1) is 11.7. The summed E-state index contributed by atoms with van der Waals surface area (Å²) in [5.74, 6) is 0. The van der Waals surface area contributed by atoms with Gasteiger partial charge >= 0.3 is 6.09 Å². The Kier molecular flexibility index (Phi) is 3.66. The lowest BCUT2D eigenvalue weighted by molar-refractivity contribution is 0.145. The summed E-state index contributed by atoms with van der Waals surface area (Å²) < 4.78 is 0. The van der Waals surface area contributed by atoms with Crippen LogP contribution in [0.4, 0.5) is 4.79 Å². The average molecular weight is 227 g/mol. The summed E-state index contributed by atoms with van der Waals surface area (Å²) >= 11 is 0. The van der Waals surface area contributed by atoms with Gasteiger partial charge < -0.3 is 15.7 Å². The van der Waals surface area contributed by atoms with Crippen LogP contribution in [0, 0.1) is 0 Å². The fourth-order valence-electron chi connectivity index (χ4n) is 2.78. The van der Waals surface area contributed by atoms with Gasteiger partial charge in [0, 0.05) is 38.3 Å². The quantitative estimate of drug-likeness (QED) is 0.686. The van der Waals surface area contributed by atoms with E-state index in [9.17, 15) is 4.79 Å². The number of nitrogens with two attached hydrogens (primary N) is 1. The summed E-state index contributed by atoms with van der Waals surface area (Å²) in [4.78, 5) is 14.9. The molecule has 0 spiro atoms. The summed E-state index contributed by atoms with van der Waals surface area (Å²) in [6.45, 7) is 3.42. The van der Waals surface area contributed by atoms with E-state index < -0.39 is 6.09 Å². The van der Waals surface area contributed by atoms with Gasteiger partial charge in [0.05, 0.1) is 0 Å². The van der Waals surface area contributed by atoms with Crippen LogP contribution in [0.15, 0.2) is 0 Å². The Labute approximate surface area is 96.2 Å². The van der Waals surface area contributed by atoms with Crippen molar-refractivity contribution in [2.75, 3.05) is 26.2 Å². The lowest BCUT2D eigenvalue weighted by atomic mass is 10.1. The Morgan fingerprint density at radius 2 is 2.00 bits per heavy atom. The first-order valence-corrected chi connectivity index (χ1v) is 6.14. The number of amides is 1. The Morgan fingerprint density at radius 1 is 1.19 bits per heavy atom. The Morgan fingerprint density at radius 3 is 2.62 bits per heavy atom. The molecule has 2 atom stereocenters. The van der Waals surface area contributed by atoms with Gasteiger partial charge in [-0.15, -0.1) is 0 Å². The highest BCUT2D eigenvalue weighted by Gasteiger charge is 2.28. The highest BCUT2D eigenvalue weighted by atomic mass is 16.4. The predicted octanol–water partition coefficient (Wildman–Crippen LogP) is 0.552. The molecule has 5 nitrogen and oxygen atoms in total. The van der Waals surface area contributed by atoms with E-state index in [1.54, 1.807) is 0 Å². The van der Waals surface area contributed by atoms with Gasteiger partial charge in [-0.05, 0) is 25.7 Å². The van der Waals surface area contributed by atoms with E-state index in [1.165, 1.54) is 4.90 Å². The molecule has 1 unspecified atom stereocenters. The molecule has 0 aromatic heterocycles. The van der Waals surface area contributed by atoms with Crippen molar-refractivity contribution >= 4 is 6.09 Å². The van der Waals surface area contributed by atoms with Gasteiger partial charge in [-0.3, -0.25) is 4.90 Å². The number of likely N-dealkylation sites (tertiary alicyclic amines) is 2. The highest BCUT2D eigenvalue weighted by Crippen LogP contribution is 2.20. The number of carbonyl (C=O) groups is 1. The summed E-state index contributed by atoms with van der Waals surface area (Å²) in [6.07, 6.45) is 3.34. The molecule has 2 rings (SSSR count). The molecule has 5 heteroatoms. The molecule has 2 heterocycles. The third kappa shape index (κ3) is 2.65. The van der Waals surface area contributed by atoms with E-state index >= 15 is 0 Å². The second kappa shape index (κ2) is 5.01.